The summed E-state index contributed by atoms with van der Waals surface area (Å²) >= 11 is 0. The first-order valence-electron chi connectivity index (χ1n) is 8.06. The topological polar surface area (TPSA) is 68.5 Å². The van der Waals surface area contributed by atoms with Gasteiger partial charge in [0.1, 0.15) is 11.5 Å². The maximum Gasteiger partial charge on any atom is 0.336 e. The van der Waals surface area contributed by atoms with E-state index in [0.717, 1.165) is 5.56 Å². The van der Waals surface area contributed by atoms with E-state index < -0.39 is 5.97 Å². The highest BCUT2D eigenvalue weighted by Gasteiger charge is 2.08. The van der Waals surface area contributed by atoms with Gasteiger partial charge in [-0.15, -0.1) is 0 Å². The molecule has 0 bridgehead atoms. The number of amides is 1. The highest BCUT2D eigenvalue weighted by Crippen LogP contribution is 2.14. The maximum atomic E-state index is 12.3. The molecular formula is C21H17NO4. The highest BCUT2D eigenvalue weighted by atomic mass is 16.5. The van der Waals surface area contributed by atoms with Crippen molar-refractivity contribution in [2.45, 2.75) is 6.54 Å². The zero-order valence-corrected chi connectivity index (χ0v) is 13.9. The van der Waals surface area contributed by atoms with Gasteiger partial charge in [0.2, 0.25) is 0 Å². The molecule has 1 aromatic heterocycles. The van der Waals surface area contributed by atoms with Gasteiger partial charge in [-0.05, 0) is 42.0 Å². The Morgan fingerprint density at radius 3 is 2.62 bits per heavy atom. The van der Waals surface area contributed by atoms with E-state index in [9.17, 15) is 9.59 Å². The molecule has 3 aromatic rings. The first-order valence-corrected chi connectivity index (χ1v) is 8.06. The average molecular weight is 347 g/mol. The van der Waals surface area contributed by atoms with Crippen molar-refractivity contribution in [3.63, 3.8) is 0 Å². The normalized spacial score (nSPS) is 10.6. The molecule has 3 rings (SSSR count). The minimum atomic E-state index is -0.553. The van der Waals surface area contributed by atoms with Crippen molar-refractivity contribution in [3.05, 3.63) is 96.0 Å². The molecule has 130 valence electrons. The van der Waals surface area contributed by atoms with E-state index in [1.807, 2.05) is 30.3 Å². The summed E-state index contributed by atoms with van der Waals surface area (Å²) < 4.78 is 10.3. The Kier molecular flexibility index (Phi) is 5.62. The van der Waals surface area contributed by atoms with Gasteiger partial charge >= 0.3 is 5.97 Å². The summed E-state index contributed by atoms with van der Waals surface area (Å²) in [7, 11) is 0. The molecule has 1 amide bonds. The predicted octanol–water partition coefficient (Wildman–Crippen LogP) is 3.83. The number of esters is 1. The van der Waals surface area contributed by atoms with Crippen molar-refractivity contribution in [1.29, 1.82) is 0 Å². The zero-order valence-electron chi connectivity index (χ0n) is 13.9. The van der Waals surface area contributed by atoms with Crippen LogP contribution >= 0.6 is 0 Å². The summed E-state index contributed by atoms with van der Waals surface area (Å²) in [6.45, 7) is 0.426. The summed E-state index contributed by atoms with van der Waals surface area (Å²) in [6, 6.07) is 19.5. The van der Waals surface area contributed by atoms with Gasteiger partial charge in [0.05, 0.1) is 6.26 Å². The van der Waals surface area contributed by atoms with E-state index in [2.05, 4.69) is 5.32 Å². The third-order valence-corrected chi connectivity index (χ3v) is 3.54. The standard InChI is InChI=1S/C21H17NO4/c23-20(12-11-18-10-5-13-25-18)26-19-9-4-8-17(14-19)21(24)22-15-16-6-2-1-3-7-16/h1-14H,15H2,(H,22,24)/b12-11+. The number of hydrogen-bond acceptors (Lipinski definition) is 4. The largest absolute Gasteiger partial charge is 0.465 e. The first kappa shape index (κ1) is 17.2. The molecule has 2 aromatic carbocycles. The molecule has 0 fully saturated rings. The predicted molar refractivity (Wildman–Crippen MR) is 97.4 cm³/mol. The summed E-state index contributed by atoms with van der Waals surface area (Å²) in [6.07, 6.45) is 4.29. The van der Waals surface area contributed by atoms with E-state index in [1.165, 1.54) is 24.5 Å². The van der Waals surface area contributed by atoms with Crippen LogP contribution in [0.15, 0.2) is 83.5 Å². The average Bonchev–Trinajstić information content (AvgIpc) is 3.19. The van der Waals surface area contributed by atoms with Gasteiger partial charge in [0, 0.05) is 18.2 Å². The smallest absolute Gasteiger partial charge is 0.336 e. The highest BCUT2D eigenvalue weighted by molar-refractivity contribution is 5.95. The van der Waals surface area contributed by atoms with E-state index in [-0.39, 0.29) is 5.91 Å². The summed E-state index contributed by atoms with van der Waals surface area (Å²) in [5, 5.41) is 2.83. The van der Waals surface area contributed by atoms with Gasteiger partial charge < -0.3 is 14.5 Å². The molecule has 26 heavy (non-hydrogen) atoms. The maximum absolute atomic E-state index is 12.3. The fraction of sp³-hybridized carbons (Fsp3) is 0.0476. The fourth-order valence-corrected chi connectivity index (χ4v) is 2.27. The van der Waals surface area contributed by atoms with E-state index in [1.54, 1.807) is 30.3 Å². The van der Waals surface area contributed by atoms with Crippen molar-refractivity contribution >= 4 is 18.0 Å². The van der Waals surface area contributed by atoms with Gasteiger partial charge in [-0.3, -0.25) is 4.79 Å². The van der Waals surface area contributed by atoms with E-state index >= 15 is 0 Å². The number of rotatable bonds is 6. The Morgan fingerprint density at radius 1 is 1.00 bits per heavy atom. The van der Waals surface area contributed by atoms with Crippen molar-refractivity contribution in [2.24, 2.45) is 0 Å². The molecule has 0 spiro atoms. The van der Waals surface area contributed by atoms with Gasteiger partial charge in [-0.25, -0.2) is 4.79 Å². The monoisotopic (exact) mass is 347 g/mol. The Morgan fingerprint density at radius 2 is 1.85 bits per heavy atom. The Hall–Kier alpha value is -3.60. The molecule has 0 radical (unpaired) electrons. The van der Waals surface area contributed by atoms with Crippen molar-refractivity contribution in [2.75, 3.05) is 0 Å². The molecule has 0 saturated heterocycles. The van der Waals surface area contributed by atoms with Crippen LogP contribution in [0.5, 0.6) is 5.75 Å². The summed E-state index contributed by atoms with van der Waals surface area (Å²) in [5.41, 5.74) is 1.42. The number of carbonyl (C=O) groups excluding carboxylic acids is 2. The number of furan rings is 1. The van der Waals surface area contributed by atoms with Crippen LogP contribution in [-0.2, 0) is 11.3 Å². The molecule has 1 heterocycles. The van der Waals surface area contributed by atoms with Crippen LogP contribution in [0, 0.1) is 0 Å². The van der Waals surface area contributed by atoms with Crippen LogP contribution in [0.3, 0.4) is 0 Å². The zero-order chi connectivity index (χ0) is 18.2. The number of nitrogens with one attached hydrogen (secondary N) is 1. The van der Waals surface area contributed by atoms with Crippen LogP contribution < -0.4 is 10.1 Å². The van der Waals surface area contributed by atoms with Crippen LogP contribution in [0.4, 0.5) is 0 Å². The van der Waals surface area contributed by atoms with Crippen molar-refractivity contribution < 1.29 is 18.7 Å². The Bertz CT molecular complexity index is 899. The molecule has 0 saturated carbocycles. The third kappa shape index (κ3) is 4.95. The van der Waals surface area contributed by atoms with Crippen LogP contribution in [0.2, 0.25) is 0 Å². The van der Waals surface area contributed by atoms with Crippen molar-refractivity contribution in [3.8, 4) is 5.75 Å². The minimum Gasteiger partial charge on any atom is -0.465 e. The van der Waals surface area contributed by atoms with Crippen molar-refractivity contribution in [1.82, 2.24) is 5.32 Å². The third-order valence-electron chi connectivity index (χ3n) is 3.54. The lowest BCUT2D eigenvalue weighted by atomic mass is 10.2. The lowest BCUT2D eigenvalue weighted by molar-refractivity contribution is -0.128. The number of benzene rings is 2. The molecule has 1 N–H and O–H groups in total. The SMILES string of the molecule is O=C(/C=C/c1ccco1)Oc1cccc(C(=O)NCc2ccccc2)c1. The second kappa shape index (κ2) is 8.48. The van der Waals surface area contributed by atoms with Gasteiger partial charge in [-0.2, -0.15) is 0 Å². The Balaban J connectivity index is 1.58. The quantitative estimate of drug-likeness (QED) is 0.418. The van der Waals surface area contributed by atoms with Crippen LogP contribution in [0.1, 0.15) is 21.7 Å². The number of carbonyl (C=O) groups is 2. The minimum absolute atomic E-state index is 0.238. The number of hydrogen-bond donors (Lipinski definition) is 1. The first-order chi connectivity index (χ1) is 12.7. The van der Waals surface area contributed by atoms with Gasteiger partial charge in [0.15, 0.2) is 0 Å². The number of ether oxygens (including phenoxy) is 1. The van der Waals surface area contributed by atoms with E-state index in [4.69, 9.17) is 9.15 Å². The van der Waals surface area contributed by atoms with Gasteiger partial charge in [-0.1, -0.05) is 36.4 Å². The molecule has 0 atom stereocenters. The lowest BCUT2D eigenvalue weighted by Crippen LogP contribution is -2.22. The van der Waals surface area contributed by atoms with Crippen LogP contribution in [0.25, 0.3) is 6.08 Å². The summed E-state index contributed by atoms with van der Waals surface area (Å²) in [5.74, 6) is 0.0589. The Labute approximate surface area is 150 Å². The lowest BCUT2D eigenvalue weighted by Gasteiger charge is -2.07. The van der Waals surface area contributed by atoms with E-state index in [0.29, 0.717) is 23.6 Å². The summed E-state index contributed by atoms with van der Waals surface area (Å²) in [4.78, 5) is 24.1. The second-order valence-corrected chi connectivity index (χ2v) is 5.47. The molecule has 5 heteroatoms. The molecule has 5 nitrogen and oxygen atoms in total. The molecule has 0 unspecified atom stereocenters. The molecule has 0 aliphatic rings. The molecular weight excluding hydrogens is 330 g/mol. The van der Waals surface area contributed by atoms with Crippen LogP contribution in [-0.4, -0.2) is 11.9 Å². The fourth-order valence-electron chi connectivity index (χ4n) is 2.27. The molecule has 0 aliphatic carbocycles. The van der Waals surface area contributed by atoms with Gasteiger partial charge in [0.25, 0.3) is 5.91 Å². The second-order valence-electron chi connectivity index (χ2n) is 5.47. The molecule has 0 aliphatic heterocycles.